The zero-order valence-electron chi connectivity index (χ0n) is 15.0. The number of nitrogens with zero attached hydrogens (tertiary/aromatic N) is 3. The van der Waals surface area contributed by atoms with E-state index in [1.54, 1.807) is 12.3 Å². The van der Waals surface area contributed by atoms with Gasteiger partial charge in [0.15, 0.2) is 0 Å². The number of hydrogen-bond donors (Lipinski definition) is 1. The zero-order valence-corrected chi connectivity index (χ0v) is 15.0. The molecule has 7 nitrogen and oxygen atoms in total. The number of carbonyl (C=O) groups excluding carboxylic acids is 2. The summed E-state index contributed by atoms with van der Waals surface area (Å²) in [5.74, 6) is -0.234. The third kappa shape index (κ3) is 4.09. The zero-order chi connectivity index (χ0) is 18.5. The minimum atomic E-state index is -0.430. The van der Waals surface area contributed by atoms with E-state index in [1.165, 1.54) is 10.6 Å². The molecule has 0 spiro atoms. The van der Waals surface area contributed by atoms with Crippen molar-refractivity contribution in [1.29, 1.82) is 0 Å². The van der Waals surface area contributed by atoms with Crippen LogP contribution in [-0.2, 0) is 4.79 Å². The van der Waals surface area contributed by atoms with Crippen molar-refractivity contribution in [2.24, 2.45) is 0 Å². The number of pyridine rings is 1. The number of fused-ring (bicyclic) bond motifs is 1. The standard InChI is InChI=1S/C19H24N4O3/c1-14-7-8-16-21-12-15(19(26)23(16)13-14)18(25)20-9-5-11-22-10-4-2-3-6-17(22)24/h7-8,12-13H,2-6,9-11H2,1H3,(H,20,25). The van der Waals surface area contributed by atoms with E-state index >= 15 is 0 Å². The van der Waals surface area contributed by atoms with E-state index in [-0.39, 0.29) is 17.0 Å². The topological polar surface area (TPSA) is 83.8 Å². The number of likely N-dealkylation sites (tertiary alicyclic amines) is 1. The molecule has 1 N–H and O–H groups in total. The van der Waals surface area contributed by atoms with Gasteiger partial charge in [0.1, 0.15) is 11.2 Å². The predicted molar refractivity (Wildman–Crippen MR) is 98.2 cm³/mol. The van der Waals surface area contributed by atoms with E-state index < -0.39 is 5.91 Å². The van der Waals surface area contributed by atoms with Gasteiger partial charge in [0.25, 0.3) is 11.5 Å². The normalized spacial score (nSPS) is 15.1. The molecule has 0 saturated carbocycles. The molecule has 2 aromatic heterocycles. The maximum Gasteiger partial charge on any atom is 0.270 e. The quantitative estimate of drug-likeness (QED) is 0.824. The molecule has 0 bridgehead atoms. The van der Waals surface area contributed by atoms with Gasteiger partial charge >= 0.3 is 0 Å². The Morgan fingerprint density at radius 3 is 2.92 bits per heavy atom. The van der Waals surface area contributed by atoms with Crippen LogP contribution in [0, 0.1) is 6.92 Å². The highest BCUT2D eigenvalue weighted by Crippen LogP contribution is 2.11. The Bertz CT molecular complexity index is 875. The first-order valence-corrected chi connectivity index (χ1v) is 9.10. The SMILES string of the molecule is Cc1ccc2ncc(C(=O)NCCCN3CCCCCC3=O)c(=O)n2c1. The van der Waals surface area contributed by atoms with Crippen LogP contribution in [0.1, 0.15) is 48.0 Å². The molecule has 3 rings (SSSR count). The molecule has 1 aliphatic rings. The third-order valence-corrected chi connectivity index (χ3v) is 4.66. The second-order valence-corrected chi connectivity index (χ2v) is 6.71. The summed E-state index contributed by atoms with van der Waals surface area (Å²) in [6, 6.07) is 3.61. The summed E-state index contributed by atoms with van der Waals surface area (Å²) in [6.45, 7) is 3.72. The van der Waals surface area contributed by atoms with Crippen molar-refractivity contribution < 1.29 is 9.59 Å². The maximum absolute atomic E-state index is 12.5. The van der Waals surface area contributed by atoms with Crippen molar-refractivity contribution in [3.05, 3.63) is 46.0 Å². The first-order valence-electron chi connectivity index (χ1n) is 9.10. The minimum Gasteiger partial charge on any atom is -0.352 e. The summed E-state index contributed by atoms with van der Waals surface area (Å²) in [4.78, 5) is 42.8. The van der Waals surface area contributed by atoms with E-state index in [2.05, 4.69) is 10.3 Å². The summed E-state index contributed by atoms with van der Waals surface area (Å²) in [5.41, 5.74) is 1.08. The van der Waals surface area contributed by atoms with E-state index in [4.69, 9.17) is 0 Å². The number of carbonyl (C=O) groups is 2. The van der Waals surface area contributed by atoms with E-state index in [0.29, 0.717) is 31.6 Å². The van der Waals surface area contributed by atoms with Crippen LogP contribution in [0.2, 0.25) is 0 Å². The van der Waals surface area contributed by atoms with Gasteiger partial charge in [-0.3, -0.25) is 18.8 Å². The van der Waals surface area contributed by atoms with Crippen molar-refractivity contribution >= 4 is 17.5 Å². The second-order valence-electron chi connectivity index (χ2n) is 6.71. The monoisotopic (exact) mass is 356 g/mol. The lowest BCUT2D eigenvalue weighted by Crippen LogP contribution is -2.35. The molecular weight excluding hydrogens is 332 g/mol. The Morgan fingerprint density at radius 1 is 1.23 bits per heavy atom. The van der Waals surface area contributed by atoms with Crippen LogP contribution < -0.4 is 10.9 Å². The molecule has 0 aromatic carbocycles. The Morgan fingerprint density at radius 2 is 2.08 bits per heavy atom. The molecule has 138 valence electrons. The molecular formula is C19H24N4O3. The molecule has 2 amide bonds. The fraction of sp³-hybridized carbons (Fsp3) is 0.474. The number of aryl methyl sites for hydroxylation is 1. The number of aromatic nitrogens is 2. The van der Waals surface area contributed by atoms with Gasteiger partial charge in [0.05, 0.1) is 0 Å². The van der Waals surface area contributed by atoms with Crippen molar-refractivity contribution in [3.63, 3.8) is 0 Å². The lowest BCUT2D eigenvalue weighted by Gasteiger charge is -2.20. The molecule has 0 unspecified atom stereocenters. The third-order valence-electron chi connectivity index (χ3n) is 4.66. The first kappa shape index (κ1) is 18.1. The molecule has 0 atom stereocenters. The molecule has 1 saturated heterocycles. The molecule has 26 heavy (non-hydrogen) atoms. The van der Waals surface area contributed by atoms with Crippen LogP contribution in [0.4, 0.5) is 0 Å². The molecule has 2 aromatic rings. The van der Waals surface area contributed by atoms with Crippen molar-refractivity contribution in [2.75, 3.05) is 19.6 Å². The van der Waals surface area contributed by atoms with Gasteiger partial charge in [-0.05, 0) is 37.8 Å². The number of nitrogens with one attached hydrogen (secondary N) is 1. The molecule has 0 radical (unpaired) electrons. The Hall–Kier alpha value is -2.70. The van der Waals surface area contributed by atoms with Gasteiger partial charge in [0.2, 0.25) is 5.91 Å². The van der Waals surface area contributed by atoms with Gasteiger partial charge in [-0.25, -0.2) is 4.98 Å². The number of hydrogen-bond acceptors (Lipinski definition) is 4. The lowest BCUT2D eigenvalue weighted by atomic mass is 10.2. The highest BCUT2D eigenvalue weighted by molar-refractivity contribution is 5.93. The molecule has 7 heteroatoms. The summed E-state index contributed by atoms with van der Waals surface area (Å²) in [5, 5.41) is 2.76. The largest absolute Gasteiger partial charge is 0.352 e. The van der Waals surface area contributed by atoms with Crippen molar-refractivity contribution in [3.8, 4) is 0 Å². The van der Waals surface area contributed by atoms with Gasteiger partial charge in [-0.2, -0.15) is 0 Å². The highest BCUT2D eigenvalue weighted by Gasteiger charge is 2.16. The summed E-state index contributed by atoms with van der Waals surface area (Å²) in [6.07, 6.45) is 7.37. The minimum absolute atomic E-state index is 0.0268. The summed E-state index contributed by atoms with van der Waals surface area (Å²) in [7, 11) is 0. The summed E-state index contributed by atoms with van der Waals surface area (Å²) >= 11 is 0. The number of rotatable bonds is 5. The highest BCUT2D eigenvalue weighted by atomic mass is 16.2. The summed E-state index contributed by atoms with van der Waals surface area (Å²) < 4.78 is 1.39. The van der Waals surface area contributed by atoms with Crippen LogP contribution in [0.5, 0.6) is 0 Å². The van der Waals surface area contributed by atoms with Crippen LogP contribution >= 0.6 is 0 Å². The van der Waals surface area contributed by atoms with Crippen molar-refractivity contribution in [1.82, 2.24) is 19.6 Å². The van der Waals surface area contributed by atoms with Crippen LogP contribution in [0.15, 0.2) is 29.3 Å². The lowest BCUT2D eigenvalue weighted by molar-refractivity contribution is -0.130. The van der Waals surface area contributed by atoms with Crippen molar-refractivity contribution in [2.45, 2.75) is 39.0 Å². The van der Waals surface area contributed by atoms with Gasteiger partial charge in [0, 0.05) is 38.4 Å². The van der Waals surface area contributed by atoms with E-state index in [1.807, 2.05) is 17.9 Å². The van der Waals surface area contributed by atoms with Crippen LogP contribution in [0.3, 0.4) is 0 Å². The van der Waals surface area contributed by atoms with Crippen LogP contribution in [-0.4, -0.2) is 45.7 Å². The van der Waals surface area contributed by atoms with Gasteiger partial charge in [-0.1, -0.05) is 12.5 Å². The second kappa shape index (κ2) is 8.12. The molecule has 1 fully saturated rings. The Labute approximate surface area is 152 Å². The average Bonchev–Trinajstić information content (AvgIpc) is 2.83. The molecule has 1 aliphatic heterocycles. The maximum atomic E-state index is 12.5. The fourth-order valence-corrected chi connectivity index (χ4v) is 3.18. The molecule has 3 heterocycles. The predicted octanol–water partition coefficient (Wildman–Crippen LogP) is 1.53. The van der Waals surface area contributed by atoms with E-state index in [0.717, 1.165) is 31.4 Å². The molecule has 0 aliphatic carbocycles. The fourth-order valence-electron chi connectivity index (χ4n) is 3.18. The van der Waals surface area contributed by atoms with Gasteiger partial charge in [-0.15, -0.1) is 0 Å². The first-order chi connectivity index (χ1) is 12.6. The average molecular weight is 356 g/mol. The Balaban J connectivity index is 1.58. The van der Waals surface area contributed by atoms with E-state index in [9.17, 15) is 14.4 Å². The van der Waals surface area contributed by atoms with Gasteiger partial charge < -0.3 is 10.2 Å². The Kier molecular flexibility index (Phi) is 5.65. The number of amides is 2. The smallest absolute Gasteiger partial charge is 0.270 e. The van der Waals surface area contributed by atoms with Crippen LogP contribution in [0.25, 0.3) is 5.65 Å².